The first-order chi connectivity index (χ1) is 27.5. The maximum absolute atomic E-state index is 2.48. The van der Waals surface area contributed by atoms with Gasteiger partial charge in [0.05, 0.1) is 0 Å². The highest BCUT2D eigenvalue weighted by Gasteiger charge is 2.38. The number of thiophene rings is 1. The molecule has 0 bridgehead atoms. The van der Waals surface area contributed by atoms with Gasteiger partial charge in [-0.2, -0.15) is 0 Å². The van der Waals surface area contributed by atoms with Crippen molar-refractivity contribution >= 4 is 74.6 Å². The van der Waals surface area contributed by atoms with Crippen LogP contribution in [0, 0.1) is 0 Å². The fourth-order valence-corrected chi connectivity index (χ4v) is 11.6. The van der Waals surface area contributed by atoms with Crippen molar-refractivity contribution in [2.45, 2.75) is 19.3 Å². The Kier molecular flexibility index (Phi) is 6.66. The van der Waals surface area contributed by atoms with E-state index in [-0.39, 0.29) is 5.41 Å². The summed E-state index contributed by atoms with van der Waals surface area (Å²) in [4.78, 5) is 0. The quantitative estimate of drug-likeness (QED) is 0.159. The van der Waals surface area contributed by atoms with Crippen molar-refractivity contribution < 1.29 is 0 Å². The van der Waals surface area contributed by atoms with Crippen LogP contribution in [0.2, 0.25) is 0 Å². The largest absolute Gasteiger partial charge is 0.134 e. The number of fused-ring (bicyclic) bond motifs is 12. The molecule has 0 radical (unpaired) electrons. The van der Waals surface area contributed by atoms with E-state index in [0.29, 0.717) is 0 Å². The van der Waals surface area contributed by atoms with Crippen molar-refractivity contribution in [2.24, 2.45) is 0 Å². The molecule has 1 aliphatic carbocycles. The van der Waals surface area contributed by atoms with E-state index in [1.165, 1.54) is 119 Å². The standard InChI is InChI=1S/C55H36S/c1-55(2)49-32-36(26-27-40(49)46-29-30-48-47-28-25-34-14-4-6-19-39(34)53(47)56-54(48)52(46)55)35-16-11-17-37(31-35)50-42-20-7-9-22-44(42)51(45-23-10-8-21-43(45)50)41-24-12-15-33-13-3-5-18-38(33)41/h3-32H,1-2H3. The highest BCUT2D eigenvalue weighted by molar-refractivity contribution is 7.27. The first kappa shape index (κ1) is 31.8. The second-order valence-corrected chi connectivity index (χ2v) is 17.0. The zero-order valence-corrected chi connectivity index (χ0v) is 32.0. The van der Waals surface area contributed by atoms with Crippen molar-refractivity contribution in [2.75, 3.05) is 0 Å². The van der Waals surface area contributed by atoms with E-state index in [1.54, 1.807) is 0 Å². The molecule has 0 aliphatic heterocycles. The molecule has 10 aromatic carbocycles. The minimum atomic E-state index is -0.141. The van der Waals surface area contributed by atoms with E-state index < -0.39 is 0 Å². The van der Waals surface area contributed by atoms with Crippen molar-refractivity contribution in [1.29, 1.82) is 0 Å². The molecule has 0 saturated carbocycles. The fourth-order valence-electron chi connectivity index (χ4n) is 10.1. The Labute approximate surface area is 329 Å². The second kappa shape index (κ2) is 11.7. The Bertz CT molecular complexity index is 3390. The summed E-state index contributed by atoms with van der Waals surface area (Å²) in [6.07, 6.45) is 0. The number of hydrogen-bond donors (Lipinski definition) is 0. The van der Waals surface area contributed by atoms with E-state index in [1.807, 2.05) is 11.3 Å². The number of rotatable bonds is 3. The minimum Gasteiger partial charge on any atom is -0.134 e. The first-order valence-electron chi connectivity index (χ1n) is 19.6. The lowest BCUT2D eigenvalue weighted by Gasteiger charge is -2.23. The Hall–Kier alpha value is -6.54. The van der Waals surface area contributed by atoms with Gasteiger partial charge in [0.1, 0.15) is 0 Å². The van der Waals surface area contributed by atoms with Crippen molar-refractivity contribution in [3.8, 4) is 44.5 Å². The third-order valence-electron chi connectivity index (χ3n) is 12.6. The summed E-state index contributed by atoms with van der Waals surface area (Å²) in [6, 6.07) is 68.0. The third kappa shape index (κ3) is 4.41. The molecule has 0 saturated heterocycles. The highest BCUT2D eigenvalue weighted by atomic mass is 32.1. The number of hydrogen-bond acceptors (Lipinski definition) is 1. The molecule has 1 aliphatic rings. The Balaban J connectivity index is 1.02. The topological polar surface area (TPSA) is 0 Å². The lowest BCUT2D eigenvalue weighted by atomic mass is 9.81. The van der Waals surface area contributed by atoms with Gasteiger partial charge in [-0.15, -0.1) is 11.3 Å². The van der Waals surface area contributed by atoms with Crippen LogP contribution in [0.3, 0.4) is 0 Å². The van der Waals surface area contributed by atoms with Gasteiger partial charge in [-0.3, -0.25) is 0 Å². The van der Waals surface area contributed by atoms with Gasteiger partial charge in [-0.25, -0.2) is 0 Å². The predicted molar refractivity (Wildman–Crippen MR) is 243 cm³/mol. The van der Waals surface area contributed by atoms with Crippen LogP contribution in [0.1, 0.15) is 25.0 Å². The maximum Gasteiger partial charge on any atom is 0.0433 e. The third-order valence-corrected chi connectivity index (χ3v) is 13.9. The fraction of sp³-hybridized carbons (Fsp3) is 0.0545. The highest BCUT2D eigenvalue weighted by Crippen LogP contribution is 2.55. The monoisotopic (exact) mass is 728 g/mol. The predicted octanol–water partition coefficient (Wildman–Crippen LogP) is 16.0. The van der Waals surface area contributed by atoms with Crippen LogP contribution in [-0.4, -0.2) is 0 Å². The summed E-state index contributed by atoms with van der Waals surface area (Å²) in [7, 11) is 0. The van der Waals surface area contributed by atoms with Crippen molar-refractivity contribution in [3.05, 3.63) is 193 Å². The smallest absolute Gasteiger partial charge is 0.0433 e. The van der Waals surface area contributed by atoms with E-state index in [0.717, 1.165) is 0 Å². The molecule has 0 atom stereocenters. The molecule has 0 spiro atoms. The summed E-state index contributed by atoms with van der Waals surface area (Å²) >= 11 is 1.97. The van der Waals surface area contributed by atoms with Crippen LogP contribution in [0.4, 0.5) is 0 Å². The van der Waals surface area contributed by atoms with Gasteiger partial charge >= 0.3 is 0 Å². The molecule has 0 nitrogen and oxygen atoms in total. The Morgan fingerprint density at radius 3 is 1.62 bits per heavy atom. The molecule has 1 heteroatoms. The minimum absolute atomic E-state index is 0.141. The van der Waals surface area contributed by atoms with Crippen molar-refractivity contribution in [3.63, 3.8) is 0 Å². The lowest BCUT2D eigenvalue weighted by molar-refractivity contribution is 0.667. The molecule has 12 rings (SSSR count). The average Bonchev–Trinajstić information content (AvgIpc) is 3.74. The Morgan fingerprint density at radius 1 is 0.339 bits per heavy atom. The molecule has 0 fully saturated rings. The summed E-state index contributed by atoms with van der Waals surface area (Å²) in [6.45, 7) is 4.85. The van der Waals surface area contributed by atoms with Gasteiger partial charge in [0, 0.05) is 25.6 Å². The van der Waals surface area contributed by atoms with Crippen molar-refractivity contribution in [1.82, 2.24) is 0 Å². The first-order valence-corrected chi connectivity index (χ1v) is 20.4. The van der Waals surface area contributed by atoms with Gasteiger partial charge in [0.2, 0.25) is 0 Å². The van der Waals surface area contributed by atoms with Gasteiger partial charge < -0.3 is 0 Å². The zero-order chi connectivity index (χ0) is 37.1. The molecule has 1 aromatic heterocycles. The molecule has 0 N–H and O–H groups in total. The molecule has 0 unspecified atom stereocenters. The summed E-state index contributed by atoms with van der Waals surface area (Å²) in [5.74, 6) is 0. The van der Waals surface area contributed by atoms with Gasteiger partial charge in [-0.1, -0.05) is 184 Å². The number of benzene rings is 10. The van der Waals surface area contributed by atoms with Crippen LogP contribution in [-0.2, 0) is 5.41 Å². The van der Waals surface area contributed by atoms with E-state index >= 15 is 0 Å². The zero-order valence-electron chi connectivity index (χ0n) is 31.2. The van der Waals surface area contributed by atoms with Crippen LogP contribution in [0.25, 0.3) is 108 Å². The average molecular weight is 729 g/mol. The normalized spacial score (nSPS) is 13.3. The van der Waals surface area contributed by atoms with E-state index in [9.17, 15) is 0 Å². The second-order valence-electron chi connectivity index (χ2n) is 16.0. The maximum atomic E-state index is 2.48. The van der Waals surface area contributed by atoms with Gasteiger partial charge in [-0.05, 0) is 111 Å². The van der Waals surface area contributed by atoms with Crippen LogP contribution in [0.5, 0.6) is 0 Å². The molecular weight excluding hydrogens is 693 g/mol. The molecular formula is C55H36S. The van der Waals surface area contributed by atoms with Gasteiger partial charge in [0.15, 0.2) is 0 Å². The molecule has 262 valence electrons. The van der Waals surface area contributed by atoms with Crippen LogP contribution in [0.15, 0.2) is 182 Å². The molecule has 11 aromatic rings. The summed E-state index contributed by atoms with van der Waals surface area (Å²) in [5.41, 5.74) is 13.1. The van der Waals surface area contributed by atoms with E-state index in [4.69, 9.17) is 0 Å². The Morgan fingerprint density at radius 2 is 0.875 bits per heavy atom. The SMILES string of the molecule is CC1(C)c2cc(-c3cccc(-c4c5ccccc5c(-c5cccc6ccccc56)c5ccccc45)c3)ccc2-c2ccc3c(sc4c5ccccc5ccc34)c21. The summed E-state index contributed by atoms with van der Waals surface area (Å²) in [5, 5.41) is 13.0. The molecule has 0 amide bonds. The van der Waals surface area contributed by atoms with Crippen LogP contribution >= 0.6 is 11.3 Å². The lowest BCUT2D eigenvalue weighted by Crippen LogP contribution is -2.15. The van der Waals surface area contributed by atoms with Gasteiger partial charge in [0.25, 0.3) is 0 Å². The molecule has 1 heterocycles. The molecule has 56 heavy (non-hydrogen) atoms. The van der Waals surface area contributed by atoms with Crippen LogP contribution < -0.4 is 0 Å². The summed E-state index contributed by atoms with van der Waals surface area (Å²) < 4.78 is 2.81. The van der Waals surface area contributed by atoms with E-state index in [2.05, 4.69) is 196 Å².